The number of nitrogens with one attached hydrogen (secondary N) is 2. The Balaban J connectivity index is 1.40. The molecule has 2 N–H and O–H groups in total. The van der Waals surface area contributed by atoms with Crippen LogP contribution in [-0.4, -0.2) is 43.3 Å². The zero-order chi connectivity index (χ0) is 23.8. The minimum Gasteiger partial charge on any atom is -0.462 e. The number of nitrogens with zero attached hydrogens (tertiary/aromatic N) is 3. The molecule has 1 unspecified atom stereocenters. The third-order valence-electron chi connectivity index (χ3n) is 6.38. The molecule has 0 aromatic carbocycles. The van der Waals surface area contributed by atoms with E-state index in [9.17, 15) is 14.4 Å². The van der Waals surface area contributed by atoms with Gasteiger partial charge in [-0.3, -0.25) is 19.0 Å². The van der Waals surface area contributed by atoms with Crippen molar-refractivity contribution in [3.05, 3.63) is 37.6 Å². The van der Waals surface area contributed by atoms with Gasteiger partial charge in [-0.05, 0) is 70.8 Å². The van der Waals surface area contributed by atoms with Gasteiger partial charge in [-0.2, -0.15) is 0 Å². The number of thioether (sulfide) groups is 1. The molecule has 0 radical (unpaired) electrons. The van der Waals surface area contributed by atoms with Crippen LogP contribution in [0.15, 0.2) is 9.95 Å². The van der Waals surface area contributed by atoms with E-state index in [1.807, 2.05) is 4.40 Å². The number of esters is 1. The first kappa shape index (κ1) is 23.1. The van der Waals surface area contributed by atoms with Gasteiger partial charge in [0.1, 0.15) is 5.00 Å². The topological polar surface area (TPSA) is 118 Å². The number of aromatic nitrogens is 4. The SMILES string of the molecule is CCOC(=O)c1c(NC(=O)C(C)Sc2nnc3[nH]c(=O)c4c(n23)CCCC4)sc2c1CCCC2. The van der Waals surface area contributed by atoms with Crippen LogP contribution >= 0.6 is 23.1 Å². The van der Waals surface area contributed by atoms with Crippen LogP contribution < -0.4 is 10.9 Å². The van der Waals surface area contributed by atoms with Gasteiger partial charge in [-0.1, -0.05) is 11.8 Å². The quantitative estimate of drug-likeness (QED) is 0.392. The van der Waals surface area contributed by atoms with Crippen LogP contribution in [0.25, 0.3) is 5.78 Å². The summed E-state index contributed by atoms with van der Waals surface area (Å²) in [6.07, 6.45) is 7.37. The Morgan fingerprint density at radius 3 is 2.68 bits per heavy atom. The number of aromatic amines is 1. The number of aryl methyl sites for hydroxylation is 2. The Morgan fingerprint density at radius 1 is 1.15 bits per heavy atom. The van der Waals surface area contributed by atoms with Gasteiger partial charge in [-0.25, -0.2) is 4.79 Å². The monoisotopic (exact) mass is 501 g/mol. The predicted molar refractivity (Wildman–Crippen MR) is 131 cm³/mol. The van der Waals surface area contributed by atoms with Crippen molar-refractivity contribution >= 4 is 45.8 Å². The van der Waals surface area contributed by atoms with Crippen molar-refractivity contribution in [1.82, 2.24) is 19.6 Å². The predicted octanol–water partition coefficient (Wildman–Crippen LogP) is 3.53. The fraction of sp³-hybridized carbons (Fsp3) is 0.522. The molecule has 5 rings (SSSR count). The Labute approximate surface area is 204 Å². The number of rotatable bonds is 6. The minimum absolute atomic E-state index is 0.106. The molecule has 34 heavy (non-hydrogen) atoms. The van der Waals surface area contributed by atoms with E-state index in [2.05, 4.69) is 20.5 Å². The fourth-order valence-corrected chi connectivity index (χ4v) is 6.88. The second kappa shape index (κ2) is 9.53. The summed E-state index contributed by atoms with van der Waals surface area (Å²) >= 11 is 2.77. The van der Waals surface area contributed by atoms with Gasteiger partial charge in [0.25, 0.3) is 5.56 Å². The summed E-state index contributed by atoms with van der Waals surface area (Å²) in [5.41, 5.74) is 3.13. The summed E-state index contributed by atoms with van der Waals surface area (Å²) < 4.78 is 7.16. The number of anilines is 1. The number of hydrogen-bond donors (Lipinski definition) is 2. The second-order valence-corrected chi connectivity index (χ2v) is 11.0. The van der Waals surface area contributed by atoms with Gasteiger partial charge in [0.15, 0.2) is 5.16 Å². The number of carbonyl (C=O) groups excluding carboxylic acids is 2. The lowest BCUT2D eigenvalue weighted by Crippen LogP contribution is -2.25. The molecule has 0 bridgehead atoms. The molecule has 3 aromatic rings. The molecule has 1 amide bonds. The number of amides is 1. The first-order valence-corrected chi connectivity index (χ1v) is 13.5. The van der Waals surface area contributed by atoms with Crippen molar-refractivity contribution in [3.8, 4) is 0 Å². The van der Waals surface area contributed by atoms with Crippen molar-refractivity contribution < 1.29 is 14.3 Å². The van der Waals surface area contributed by atoms with Crippen LogP contribution in [0.5, 0.6) is 0 Å². The Hall–Kier alpha value is -2.66. The number of fused-ring (bicyclic) bond motifs is 4. The maximum Gasteiger partial charge on any atom is 0.341 e. The smallest absolute Gasteiger partial charge is 0.341 e. The molecule has 11 heteroatoms. The molecule has 3 heterocycles. The zero-order valence-corrected chi connectivity index (χ0v) is 20.9. The molecule has 0 saturated heterocycles. The molecule has 180 valence electrons. The van der Waals surface area contributed by atoms with E-state index in [1.165, 1.54) is 23.1 Å². The first-order chi connectivity index (χ1) is 16.5. The normalized spacial score (nSPS) is 16.1. The van der Waals surface area contributed by atoms with Gasteiger partial charge in [0, 0.05) is 16.1 Å². The average molecular weight is 502 g/mol. The maximum atomic E-state index is 13.2. The van der Waals surface area contributed by atoms with Gasteiger partial charge in [-0.15, -0.1) is 21.5 Å². The molecule has 0 saturated carbocycles. The van der Waals surface area contributed by atoms with Crippen LogP contribution in [0.3, 0.4) is 0 Å². The third kappa shape index (κ3) is 4.15. The van der Waals surface area contributed by atoms with Gasteiger partial charge in [0.2, 0.25) is 11.7 Å². The highest BCUT2D eigenvalue weighted by molar-refractivity contribution is 8.00. The highest BCUT2D eigenvalue weighted by Gasteiger charge is 2.29. The fourth-order valence-electron chi connectivity index (χ4n) is 4.73. The number of carbonyl (C=O) groups is 2. The second-order valence-electron chi connectivity index (χ2n) is 8.61. The number of H-pyrrole nitrogens is 1. The van der Waals surface area contributed by atoms with Gasteiger partial charge in [0.05, 0.1) is 17.4 Å². The van der Waals surface area contributed by atoms with Gasteiger partial charge < -0.3 is 10.1 Å². The van der Waals surface area contributed by atoms with Crippen molar-refractivity contribution in [2.24, 2.45) is 0 Å². The summed E-state index contributed by atoms with van der Waals surface area (Å²) in [4.78, 5) is 42.2. The summed E-state index contributed by atoms with van der Waals surface area (Å²) in [5, 5.41) is 12.0. The summed E-state index contributed by atoms with van der Waals surface area (Å²) in [6, 6.07) is 0. The molecule has 2 aliphatic rings. The zero-order valence-electron chi connectivity index (χ0n) is 19.2. The van der Waals surface area contributed by atoms with Crippen molar-refractivity contribution in [2.75, 3.05) is 11.9 Å². The van der Waals surface area contributed by atoms with Crippen molar-refractivity contribution in [3.63, 3.8) is 0 Å². The molecule has 2 aliphatic carbocycles. The largest absolute Gasteiger partial charge is 0.462 e. The molecule has 3 aromatic heterocycles. The van der Waals surface area contributed by atoms with E-state index in [0.717, 1.165) is 73.1 Å². The highest BCUT2D eigenvalue weighted by Crippen LogP contribution is 2.39. The average Bonchev–Trinajstić information content (AvgIpc) is 3.40. The third-order valence-corrected chi connectivity index (χ3v) is 8.63. The summed E-state index contributed by atoms with van der Waals surface area (Å²) in [7, 11) is 0. The Morgan fingerprint density at radius 2 is 1.88 bits per heavy atom. The van der Waals surface area contributed by atoms with Crippen LogP contribution in [-0.2, 0) is 35.2 Å². The molecule has 1 atom stereocenters. The maximum absolute atomic E-state index is 13.2. The van der Waals surface area contributed by atoms with E-state index in [-0.39, 0.29) is 24.0 Å². The van der Waals surface area contributed by atoms with Crippen LogP contribution in [0.2, 0.25) is 0 Å². The lowest BCUT2D eigenvalue weighted by atomic mass is 9.95. The van der Waals surface area contributed by atoms with Crippen molar-refractivity contribution in [1.29, 1.82) is 0 Å². The number of ether oxygens (including phenoxy) is 1. The summed E-state index contributed by atoms with van der Waals surface area (Å²) in [5.74, 6) is -0.197. The lowest BCUT2D eigenvalue weighted by molar-refractivity contribution is -0.115. The molecular weight excluding hydrogens is 474 g/mol. The molecule has 0 aliphatic heterocycles. The summed E-state index contributed by atoms with van der Waals surface area (Å²) in [6.45, 7) is 3.87. The molecular formula is C23H27N5O4S2. The van der Waals surface area contributed by atoms with E-state index in [4.69, 9.17) is 4.74 Å². The minimum atomic E-state index is -0.493. The van der Waals surface area contributed by atoms with Crippen LogP contribution in [0.1, 0.15) is 71.6 Å². The van der Waals surface area contributed by atoms with Gasteiger partial charge >= 0.3 is 5.97 Å². The Kier molecular flexibility index (Phi) is 6.48. The Bertz CT molecular complexity index is 1330. The van der Waals surface area contributed by atoms with E-state index < -0.39 is 5.25 Å². The standard InChI is InChI=1S/C23H27N5O4S2/c1-3-32-21(31)17-14-9-5-7-11-16(14)34-20(17)24-18(29)12(2)33-23-27-26-22-25-19(30)13-8-4-6-10-15(13)28(22)23/h12H,3-11H2,1-2H3,(H,24,29)(H,25,26,30). The van der Waals surface area contributed by atoms with E-state index in [0.29, 0.717) is 21.5 Å². The number of hydrogen-bond acceptors (Lipinski definition) is 8. The van der Waals surface area contributed by atoms with Crippen LogP contribution in [0, 0.1) is 0 Å². The molecule has 0 spiro atoms. The lowest BCUT2D eigenvalue weighted by Gasteiger charge is -2.17. The van der Waals surface area contributed by atoms with E-state index >= 15 is 0 Å². The molecule has 0 fully saturated rings. The van der Waals surface area contributed by atoms with Crippen molar-refractivity contribution in [2.45, 2.75) is 75.6 Å². The molecule has 9 nitrogen and oxygen atoms in total. The van der Waals surface area contributed by atoms with Crippen LogP contribution in [0.4, 0.5) is 5.00 Å². The van der Waals surface area contributed by atoms with E-state index in [1.54, 1.807) is 13.8 Å². The number of thiophene rings is 1. The first-order valence-electron chi connectivity index (χ1n) is 11.8. The highest BCUT2D eigenvalue weighted by atomic mass is 32.2.